The van der Waals surface area contributed by atoms with E-state index >= 15 is 0 Å². The van der Waals surface area contributed by atoms with Gasteiger partial charge in [0.1, 0.15) is 6.04 Å². The summed E-state index contributed by atoms with van der Waals surface area (Å²) in [4.78, 5) is 28.1. The first-order valence-corrected chi connectivity index (χ1v) is 7.56. The molecule has 5 heteroatoms. The molecule has 0 saturated heterocycles. The number of carbonyl (C=O) groups excluding carboxylic acids is 1. The van der Waals surface area contributed by atoms with Gasteiger partial charge in [0, 0.05) is 18.0 Å². The van der Waals surface area contributed by atoms with E-state index < -0.39 is 17.9 Å². The molecule has 1 heterocycles. The van der Waals surface area contributed by atoms with E-state index in [2.05, 4.69) is 10.3 Å². The lowest BCUT2D eigenvalue weighted by molar-refractivity contribution is -0.139. The van der Waals surface area contributed by atoms with E-state index in [1.54, 1.807) is 6.07 Å². The minimum atomic E-state index is -1.07. The largest absolute Gasteiger partial charge is 0.480 e. The number of carboxylic acid groups (broad SMARTS) is 1. The summed E-state index contributed by atoms with van der Waals surface area (Å²) in [7, 11) is 0. The van der Waals surface area contributed by atoms with Crippen LogP contribution in [0.3, 0.4) is 0 Å². The van der Waals surface area contributed by atoms with Crippen LogP contribution in [0.25, 0.3) is 10.9 Å². The summed E-state index contributed by atoms with van der Waals surface area (Å²) >= 11 is 0. The average molecular weight is 320 g/mol. The van der Waals surface area contributed by atoms with E-state index in [9.17, 15) is 14.7 Å². The van der Waals surface area contributed by atoms with Crippen LogP contribution in [0, 0.1) is 0 Å². The number of nitrogens with zero attached hydrogens (tertiary/aromatic N) is 1. The fraction of sp³-hybridized carbons (Fsp3) is 0.105. The molecule has 2 aromatic carbocycles. The molecule has 3 aromatic rings. The van der Waals surface area contributed by atoms with Crippen LogP contribution < -0.4 is 5.32 Å². The van der Waals surface area contributed by atoms with Crippen molar-refractivity contribution in [3.05, 3.63) is 78.0 Å². The van der Waals surface area contributed by atoms with Gasteiger partial charge in [0.25, 0.3) is 5.91 Å². The summed E-state index contributed by atoms with van der Waals surface area (Å²) in [5, 5.41) is 12.8. The number of hydrogen-bond acceptors (Lipinski definition) is 3. The predicted molar refractivity (Wildman–Crippen MR) is 90.8 cm³/mol. The van der Waals surface area contributed by atoms with Crippen LogP contribution in [0.4, 0.5) is 0 Å². The molecule has 0 aliphatic carbocycles. The molecule has 1 aromatic heterocycles. The van der Waals surface area contributed by atoms with Crippen molar-refractivity contribution in [2.45, 2.75) is 12.5 Å². The van der Waals surface area contributed by atoms with Crippen molar-refractivity contribution in [1.82, 2.24) is 10.3 Å². The Balaban J connectivity index is 1.78. The summed E-state index contributed by atoms with van der Waals surface area (Å²) < 4.78 is 0. The number of pyridine rings is 1. The van der Waals surface area contributed by atoms with E-state index in [1.165, 1.54) is 6.20 Å². The number of carboxylic acids is 1. The van der Waals surface area contributed by atoms with Gasteiger partial charge in [-0.15, -0.1) is 0 Å². The zero-order chi connectivity index (χ0) is 16.9. The molecule has 0 aliphatic rings. The van der Waals surface area contributed by atoms with Crippen molar-refractivity contribution in [2.24, 2.45) is 0 Å². The normalized spacial score (nSPS) is 11.8. The number of para-hydroxylation sites is 1. The third-order valence-electron chi connectivity index (χ3n) is 3.74. The monoisotopic (exact) mass is 320 g/mol. The van der Waals surface area contributed by atoms with Crippen molar-refractivity contribution < 1.29 is 14.7 Å². The molecule has 0 unspecified atom stereocenters. The number of carbonyl (C=O) groups is 2. The Hall–Kier alpha value is -3.21. The second-order valence-electron chi connectivity index (χ2n) is 5.47. The number of nitrogens with one attached hydrogen (secondary N) is 1. The van der Waals surface area contributed by atoms with Gasteiger partial charge in [0.2, 0.25) is 0 Å². The predicted octanol–water partition coefficient (Wildman–Crippen LogP) is 2.66. The molecule has 1 atom stereocenters. The van der Waals surface area contributed by atoms with Gasteiger partial charge in [-0.1, -0.05) is 48.5 Å². The second kappa shape index (κ2) is 6.91. The average Bonchev–Trinajstić information content (AvgIpc) is 2.61. The number of benzene rings is 2. The van der Waals surface area contributed by atoms with Crippen LogP contribution in [-0.4, -0.2) is 28.0 Å². The zero-order valence-electron chi connectivity index (χ0n) is 12.8. The number of fused-ring (bicyclic) bond motifs is 1. The Morgan fingerprint density at radius 3 is 2.50 bits per heavy atom. The highest BCUT2D eigenvalue weighted by atomic mass is 16.4. The molecule has 1 amide bonds. The van der Waals surface area contributed by atoms with Crippen molar-refractivity contribution in [3.63, 3.8) is 0 Å². The van der Waals surface area contributed by atoms with Crippen LogP contribution in [0.2, 0.25) is 0 Å². The van der Waals surface area contributed by atoms with E-state index in [-0.39, 0.29) is 6.42 Å². The van der Waals surface area contributed by atoms with Gasteiger partial charge in [-0.3, -0.25) is 9.78 Å². The van der Waals surface area contributed by atoms with Gasteiger partial charge >= 0.3 is 5.97 Å². The molecule has 24 heavy (non-hydrogen) atoms. The van der Waals surface area contributed by atoms with Gasteiger partial charge in [0.15, 0.2) is 0 Å². The third-order valence-corrected chi connectivity index (χ3v) is 3.74. The quantitative estimate of drug-likeness (QED) is 0.757. The van der Waals surface area contributed by atoms with Gasteiger partial charge in [0.05, 0.1) is 11.1 Å². The number of amides is 1. The lowest BCUT2D eigenvalue weighted by Crippen LogP contribution is -2.42. The molecule has 120 valence electrons. The Bertz CT molecular complexity index is 878. The van der Waals surface area contributed by atoms with Gasteiger partial charge in [-0.2, -0.15) is 0 Å². The highest BCUT2D eigenvalue weighted by molar-refractivity contribution is 5.99. The van der Waals surface area contributed by atoms with Crippen LogP contribution in [-0.2, 0) is 11.2 Å². The number of aliphatic carboxylic acids is 1. The molecule has 0 saturated carbocycles. The molecule has 0 bridgehead atoms. The first-order valence-electron chi connectivity index (χ1n) is 7.56. The fourth-order valence-electron chi connectivity index (χ4n) is 2.49. The molecule has 0 radical (unpaired) electrons. The van der Waals surface area contributed by atoms with Crippen molar-refractivity contribution in [3.8, 4) is 0 Å². The highest BCUT2D eigenvalue weighted by Gasteiger charge is 2.21. The van der Waals surface area contributed by atoms with Gasteiger partial charge in [-0.05, 0) is 17.7 Å². The van der Waals surface area contributed by atoms with Gasteiger partial charge < -0.3 is 10.4 Å². The van der Waals surface area contributed by atoms with Crippen LogP contribution >= 0.6 is 0 Å². The maximum Gasteiger partial charge on any atom is 0.326 e. The van der Waals surface area contributed by atoms with E-state index in [0.717, 1.165) is 16.5 Å². The Labute approximate surface area is 139 Å². The lowest BCUT2D eigenvalue weighted by Gasteiger charge is -2.14. The Kier molecular flexibility index (Phi) is 4.52. The van der Waals surface area contributed by atoms with Gasteiger partial charge in [-0.25, -0.2) is 4.79 Å². The molecule has 3 rings (SSSR count). The smallest absolute Gasteiger partial charge is 0.326 e. The molecule has 0 fully saturated rings. The maximum absolute atomic E-state index is 12.4. The van der Waals surface area contributed by atoms with Crippen LogP contribution in [0.1, 0.15) is 15.9 Å². The molecular formula is C19H16N2O3. The summed E-state index contributed by atoms with van der Waals surface area (Å²) in [6.45, 7) is 0. The standard InChI is InChI=1S/C19H16N2O3/c22-18(15-11-14-8-4-5-9-16(14)20-12-15)21-17(19(23)24)10-13-6-2-1-3-7-13/h1-9,11-12,17H,10H2,(H,21,22)(H,23,24)/t17-/m0/s1. The molecule has 0 aliphatic heterocycles. The molecule has 5 nitrogen and oxygen atoms in total. The number of hydrogen-bond donors (Lipinski definition) is 2. The topological polar surface area (TPSA) is 79.3 Å². The lowest BCUT2D eigenvalue weighted by atomic mass is 10.1. The van der Waals surface area contributed by atoms with E-state index in [0.29, 0.717) is 5.56 Å². The molecule has 0 spiro atoms. The van der Waals surface area contributed by atoms with Crippen molar-refractivity contribution >= 4 is 22.8 Å². The Morgan fingerprint density at radius 2 is 1.75 bits per heavy atom. The minimum absolute atomic E-state index is 0.225. The fourth-order valence-corrected chi connectivity index (χ4v) is 2.49. The SMILES string of the molecule is O=C(N[C@@H](Cc1ccccc1)C(=O)O)c1cnc2ccccc2c1. The van der Waals surface area contributed by atoms with Crippen LogP contribution in [0.5, 0.6) is 0 Å². The second-order valence-corrected chi connectivity index (χ2v) is 5.47. The van der Waals surface area contributed by atoms with Crippen LogP contribution in [0.15, 0.2) is 66.9 Å². The number of aromatic nitrogens is 1. The summed E-state index contributed by atoms with van der Waals surface area (Å²) in [6.07, 6.45) is 1.68. The zero-order valence-corrected chi connectivity index (χ0v) is 12.8. The maximum atomic E-state index is 12.4. The molecule has 2 N–H and O–H groups in total. The Morgan fingerprint density at radius 1 is 1.04 bits per heavy atom. The summed E-state index contributed by atoms with van der Waals surface area (Å²) in [5.74, 6) is -1.52. The van der Waals surface area contributed by atoms with Crippen molar-refractivity contribution in [2.75, 3.05) is 0 Å². The summed E-state index contributed by atoms with van der Waals surface area (Å²) in [6, 6.07) is 17.4. The number of rotatable bonds is 5. The van der Waals surface area contributed by atoms with E-state index in [1.807, 2.05) is 54.6 Å². The first kappa shape index (κ1) is 15.7. The first-order chi connectivity index (χ1) is 11.6. The third kappa shape index (κ3) is 3.57. The summed E-state index contributed by atoms with van der Waals surface area (Å²) in [5.41, 5.74) is 1.97. The van der Waals surface area contributed by atoms with E-state index in [4.69, 9.17) is 0 Å². The molecular weight excluding hydrogens is 304 g/mol. The minimum Gasteiger partial charge on any atom is -0.480 e. The van der Waals surface area contributed by atoms with Crippen molar-refractivity contribution in [1.29, 1.82) is 0 Å². The highest BCUT2D eigenvalue weighted by Crippen LogP contribution is 2.13.